The molecule has 0 radical (unpaired) electrons. The average Bonchev–Trinajstić information content (AvgIpc) is 2.75. The number of anilines is 3. The second kappa shape index (κ2) is 11.1. The fourth-order valence-corrected chi connectivity index (χ4v) is 2.39. The number of nitrogens with one attached hydrogen (secondary N) is 2. The quantitative estimate of drug-likeness (QED) is 0.290. The zero-order chi connectivity index (χ0) is 21.1. The molecule has 0 aliphatic rings. The summed E-state index contributed by atoms with van der Waals surface area (Å²) < 4.78 is 4.85. The van der Waals surface area contributed by atoms with E-state index in [1.54, 1.807) is 43.5 Å². The van der Waals surface area contributed by atoms with Gasteiger partial charge in [-0.3, -0.25) is 5.01 Å². The zero-order valence-electron chi connectivity index (χ0n) is 16.9. The first-order chi connectivity index (χ1) is 14.0. The predicted molar refractivity (Wildman–Crippen MR) is 121 cm³/mol. The van der Waals surface area contributed by atoms with Gasteiger partial charge < -0.3 is 15.4 Å². The standard InChI is InChI=1S/C23H26N4O2/c1-18(10-8-9-17-24-2)22(23(28)29-4)26-27(3)21-15-13-20(14-16-21)25-19-11-6-5-7-12-19/h5-17,24-25H,1H2,2-4H3/b10-8-,17-9-,26-22-. The number of allylic oxidation sites excluding steroid dienone is 3. The van der Waals surface area contributed by atoms with Crippen molar-refractivity contribution in [3.05, 3.63) is 91.2 Å². The van der Waals surface area contributed by atoms with E-state index in [1.807, 2.05) is 54.6 Å². The van der Waals surface area contributed by atoms with Gasteiger partial charge in [0, 0.05) is 31.0 Å². The van der Waals surface area contributed by atoms with E-state index >= 15 is 0 Å². The maximum atomic E-state index is 12.2. The Kier molecular flexibility index (Phi) is 8.26. The molecule has 0 amide bonds. The smallest absolute Gasteiger partial charge is 0.359 e. The van der Waals surface area contributed by atoms with E-state index in [1.165, 1.54) is 7.11 Å². The van der Waals surface area contributed by atoms with Crippen molar-refractivity contribution in [2.75, 3.05) is 31.5 Å². The Balaban J connectivity index is 2.16. The van der Waals surface area contributed by atoms with Gasteiger partial charge in [-0.1, -0.05) is 36.9 Å². The van der Waals surface area contributed by atoms with Crippen molar-refractivity contribution >= 4 is 28.7 Å². The third kappa shape index (κ3) is 6.70. The molecule has 2 aromatic rings. The molecule has 2 N–H and O–H groups in total. The normalized spacial score (nSPS) is 11.5. The Bertz CT molecular complexity index is 900. The first kappa shape index (κ1) is 21.5. The number of carbonyl (C=O) groups is 1. The van der Waals surface area contributed by atoms with Crippen LogP contribution < -0.4 is 15.6 Å². The summed E-state index contributed by atoms with van der Waals surface area (Å²) >= 11 is 0. The minimum absolute atomic E-state index is 0.135. The average molecular weight is 390 g/mol. The number of ether oxygens (including phenoxy) is 1. The van der Waals surface area contributed by atoms with Gasteiger partial charge in [-0.25, -0.2) is 4.79 Å². The lowest BCUT2D eigenvalue weighted by molar-refractivity contribution is -0.132. The highest BCUT2D eigenvalue weighted by atomic mass is 16.5. The number of hydrogen-bond acceptors (Lipinski definition) is 6. The van der Waals surface area contributed by atoms with Crippen LogP contribution in [0.5, 0.6) is 0 Å². The molecular formula is C23H26N4O2. The molecule has 0 spiro atoms. The second-order valence-corrected chi connectivity index (χ2v) is 6.03. The summed E-state index contributed by atoms with van der Waals surface area (Å²) in [6, 6.07) is 17.6. The summed E-state index contributed by atoms with van der Waals surface area (Å²) in [5.74, 6) is -0.550. The van der Waals surface area contributed by atoms with Crippen molar-refractivity contribution in [2.24, 2.45) is 5.10 Å². The van der Waals surface area contributed by atoms with E-state index in [9.17, 15) is 4.79 Å². The molecule has 0 bridgehead atoms. The number of para-hydroxylation sites is 1. The number of rotatable bonds is 9. The van der Waals surface area contributed by atoms with Crippen LogP contribution in [0.15, 0.2) is 96.3 Å². The number of hydrogen-bond donors (Lipinski definition) is 2. The van der Waals surface area contributed by atoms with Gasteiger partial charge in [-0.05, 0) is 48.7 Å². The van der Waals surface area contributed by atoms with Crippen LogP contribution in [-0.2, 0) is 9.53 Å². The molecule has 6 nitrogen and oxygen atoms in total. The lowest BCUT2D eigenvalue weighted by atomic mass is 10.1. The molecule has 0 fully saturated rings. The van der Waals surface area contributed by atoms with Crippen LogP contribution >= 0.6 is 0 Å². The van der Waals surface area contributed by atoms with Crippen molar-refractivity contribution in [2.45, 2.75) is 0 Å². The summed E-state index contributed by atoms with van der Waals surface area (Å²) in [5, 5.41) is 12.2. The lowest BCUT2D eigenvalue weighted by Crippen LogP contribution is -2.22. The summed E-state index contributed by atoms with van der Waals surface area (Å²) in [7, 11) is 4.89. The van der Waals surface area contributed by atoms with Crippen molar-refractivity contribution in [1.29, 1.82) is 0 Å². The summed E-state index contributed by atoms with van der Waals surface area (Å²) in [4.78, 5) is 12.2. The number of methoxy groups -OCH3 is 1. The minimum atomic E-state index is -0.550. The highest BCUT2D eigenvalue weighted by Crippen LogP contribution is 2.21. The lowest BCUT2D eigenvalue weighted by Gasteiger charge is -2.16. The van der Waals surface area contributed by atoms with Gasteiger partial charge in [0.2, 0.25) is 0 Å². The van der Waals surface area contributed by atoms with Gasteiger partial charge in [0.15, 0.2) is 5.71 Å². The van der Waals surface area contributed by atoms with E-state index < -0.39 is 5.97 Å². The molecule has 0 saturated carbocycles. The van der Waals surface area contributed by atoms with Gasteiger partial charge >= 0.3 is 5.97 Å². The number of carbonyl (C=O) groups excluding carboxylic acids is 1. The van der Waals surface area contributed by atoms with Crippen LogP contribution in [-0.4, -0.2) is 32.9 Å². The molecule has 0 heterocycles. The van der Waals surface area contributed by atoms with Crippen LogP contribution in [0.2, 0.25) is 0 Å². The van der Waals surface area contributed by atoms with Crippen LogP contribution in [0.25, 0.3) is 0 Å². The van der Waals surface area contributed by atoms with E-state index in [0.717, 1.165) is 17.1 Å². The van der Waals surface area contributed by atoms with Crippen LogP contribution in [0.4, 0.5) is 17.1 Å². The van der Waals surface area contributed by atoms with Crippen LogP contribution in [0, 0.1) is 0 Å². The first-order valence-electron chi connectivity index (χ1n) is 9.07. The zero-order valence-corrected chi connectivity index (χ0v) is 16.9. The van der Waals surface area contributed by atoms with Gasteiger partial charge in [-0.15, -0.1) is 0 Å². The SMILES string of the molecule is C=C(/C=C\C=C/NC)/C(=N/N(C)c1ccc(Nc2ccccc2)cc1)C(=O)OC. The van der Waals surface area contributed by atoms with Crippen molar-refractivity contribution in [1.82, 2.24) is 5.32 Å². The molecule has 29 heavy (non-hydrogen) atoms. The van der Waals surface area contributed by atoms with Crippen LogP contribution in [0.1, 0.15) is 0 Å². The number of nitrogens with zero attached hydrogens (tertiary/aromatic N) is 2. The van der Waals surface area contributed by atoms with Gasteiger partial charge in [0.05, 0.1) is 12.8 Å². The molecule has 0 atom stereocenters. The third-order valence-corrected chi connectivity index (χ3v) is 3.91. The van der Waals surface area contributed by atoms with Crippen molar-refractivity contribution < 1.29 is 9.53 Å². The number of benzene rings is 2. The topological polar surface area (TPSA) is 66.0 Å². The molecule has 6 heteroatoms. The fourth-order valence-electron chi connectivity index (χ4n) is 2.39. The summed E-state index contributed by atoms with van der Waals surface area (Å²) in [6.07, 6.45) is 7.02. The number of hydrazone groups is 1. The molecule has 2 aromatic carbocycles. The minimum Gasteiger partial charge on any atom is -0.464 e. The Labute approximate surface area is 171 Å². The van der Waals surface area contributed by atoms with E-state index in [0.29, 0.717) is 5.57 Å². The van der Waals surface area contributed by atoms with Crippen molar-refractivity contribution in [3.8, 4) is 0 Å². The monoisotopic (exact) mass is 390 g/mol. The Morgan fingerprint density at radius 1 is 1.07 bits per heavy atom. The molecule has 0 aliphatic carbocycles. The Morgan fingerprint density at radius 3 is 2.34 bits per heavy atom. The fraction of sp³-hybridized carbons (Fsp3) is 0.130. The van der Waals surface area contributed by atoms with E-state index in [-0.39, 0.29) is 5.71 Å². The second-order valence-electron chi connectivity index (χ2n) is 6.03. The van der Waals surface area contributed by atoms with Gasteiger partial charge in [0.1, 0.15) is 0 Å². The molecular weight excluding hydrogens is 364 g/mol. The molecule has 0 saturated heterocycles. The molecule has 0 aromatic heterocycles. The van der Waals surface area contributed by atoms with Gasteiger partial charge in [0.25, 0.3) is 0 Å². The highest BCUT2D eigenvalue weighted by molar-refractivity contribution is 6.44. The van der Waals surface area contributed by atoms with E-state index in [2.05, 4.69) is 22.3 Å². The summed E-state index contributed by atoms with van der Waals surface area (Å²) in [6.45, 7) is 3.92. The molecule has 0 aliphatic heterocycles. The van der Waals surface area contributed by atoms with Gasteiger partial charge in [-0.2, -0.15) is 5.10 Å². The van der Waals surface area contributed by atoms with Crippen LogP contribution in [0.3, 0.4) is 0 Å². The number of esters is 1. The van der Waals surface area contributed by atoms with E-state index in [4.69, 9.17) is 4.74 Å². The highest BCUT2D eigenvalue weighted by Gasteiger charge is 2.15. The molecule has 150 valence electrons. The Morgan fingerprint density at radius 2 is 1.72 bits per heavy atom. The molecule has 2 rings (SSSR count). The molecule has 0 unspecified atom stereocenters. The first-order valence-corrected chi connectivity index (χ1v) is 9.07. The predicted octanol–water partition coefficient (Wildman–Crippen LogP) is 4.24. The third-order valence-electron chi connectivity index (χ3n) is 3.91. The maximum absolute atomic E-state index is 12.2. The maximum Gasteiger partial charge on any atom is 0.359 e. The Hall–Kier alpha value is -3.80. The summed E-state index contributed by atoms with van der Waals surface area (Å²) in [5.41, 5.74) is 3.36. The largest absolute Gasteiger partial charge is 0.464 e. The van der Waals surface area contributed by atoms with Crippen molar-refractivity contribution in [3.63, 3.8) is 0 Å².